The topological polar surface area (TPSA) is 74.8 Å². The number of nitrogens with two attached hydrogens (primary N) is 1. The van der Waals surface area contributed by atoms with E-state index in [4.69, 9.17) is 11.3 Å². The van der Waals surface area contributed by atoms with Crippen LogP contribution in [-0.2, 0) is 0 Å². The zero-order valence-electron chi connectivity index (χ0n) is 9.64. The lowest BCUT2D eigenvalue weighted by Gasteiger charge is -2.06. The molecule has 0 aromatic heterocycles. The highest BCUT2D eigenvalue weighted by Gasteiger charge is 1.99. The van der Waals surface area contributed by atoms with Gasteiger partial charge in [0, 0.05) is 17.1 Å². The molecule has 1 rings (SSSR count). The molecule has 0 atom stereocenters. The third kappa shape index (κ3) is 3.33. The highest BCUT2D eigenvalue weighted by molar-refractivity contribution is 5.62. The van der Waals surface area contributed by atoms with Crippen LogP contribution in [0.2, 0.25) is 0 Å². The number of aryl methyl sites for hydroxylation is 2. The quantitative estimate of drug-likeness (QED) is 0.270. The Bertz CT molecular complexity index is 419. The van der Waals surface area contributed by atoms with Gasteiger partial charge in [-0.2, -0.15) is 0 Å². The third-order valence-corrected chi connectivity index (χ3v) is 2.36. The van der Waals surface area contributed by atoms with Crippen LogP contribution in [0.3, 0.4) is 0 Å². The van der Waals surface area contributed by atoms with Crippen molar-refractivity contribution in [2.24, 2.45) is 5.11 Å². The van der Waals surface area contributed by atoms with Crippen molar-refractivity contribution in [3.63, 3.8) is 0 Å². The summed E-state index contributed by atoms with van der Waals surface area (Å²) in [5.74, 6) is 0. The lowest BCUT2D eigenvalue weighted by Crippen LogP contribution is -1.92. The maximum Gasteiger partial charge on any atom is 0.0319 e. The summed E-state index contributed by atoms with van der Waals surface area (Å²) in [7, 11) is 0. The summed E-state index contributed by atoms with van der Waals surface area (Å²) in [5, 5.41) is 3.47. The van der Waals surface area contributed by atoms with Crippen molar-refractivity contribution in [1.29, 1.82) is 0 Å². The Morgan fingerprint density at radius 1 is 1.38 bits per heavy atom. The fraction of sp³-hybridized carbons (Fsp3) is 0.333. The monoisotopic (exact) mass is 216 g/mol. The van der Waals surface area contributed by atoms with E-state index in [1.54, 1.807) is 0 Å². The highest BCUT2D eigenvalue weighted by Crippen LogP contribution is 2.19. The Morgan fingerprint density at radius 2 is 2.00 bits per heavy atom. The average molecular weight is 216 g/mol. The first-order valence-electron chi connectivity index (χ1n) is 5.19. The number of hydrogen-bond acceptors (Lipinski definition) is 2. The minimum absolute atomic E-state index is 0.500. The normalized spacial score (nSPS) is 10.4. The van der Waals surface area contributed by atoms with Crippen LogP contribution in [0, 0.1) is 13.8 Å². The second-order valence-electron chi connectivity index (χ2n) is 3.71. The number of azide groups is 1. The number of nitrogen functional groups attached to an aromatic ring is 1. The van der Waals surface area contributed by atoms with Crippen molar-refractivity contribution in [3.05, 3.63) is 45.3 Å². The number of nitrogens with zero attached hydrogens (tertiary/aromatic N) is 3. The van der Waals surface area contributed by atoms with Gasteiger partial charge in [-0.15, -0.1) is 0 Å². The van der Waals surface area contributed by atoms with Crippen LogP contribution in [0.1, 0.15) is 23.1 Å². The molecular formula is C12H16N4. The molecule has 0 bridgehead atoms. The molecule has 16 heavy (non-hydrogen) atoms. The van der Waals surface area contributed by atoms with Crippen molar-refractivity contribution in [3.8, 4) is 0 Å². The third-order valence-electron chi connectivity index (χ3n) is 2.36. The smallest absolute Gasteiger partial charge is 0.0319 e. The van der Waals surface area contributed by atoms with Gasteiger partial charge >= 0.3 is 0 Å². The Morgan fingerprint density at radius 3 is 2.56 bits per heavy atom. The van der Waals surface area contributed by atoms with Gasteiger partial charge in [-0.3, -0.25) is 0 Å². The van der Waals surface area contributed by atoms with Crippen molar-refractivity contribution >= 4 is 11.8 Å². The van der Waals surface area contributed by atoms with Gasteiger partial charge in [0.2, 0.25) is 0 Å². The maximum atomic E-state index is 8.12. The SMILES string of the molecule is Cc1cc(N)cc(C)c1C=CCCN=[N+]=[N-]. The van der Waals surface area contributed by atoms with E-state index in [0.29, 0.717) is 6.54 Å². The molecule has 0 saturated heterocycles. The molecule has 0 heterocycles. The van der Waals surface area contributed by atoms with E-state index in [9.17, 15) is 0 Å². The minimum atomic E-state index is 0.500. The average Bonchev–Trinajstić information content (AvgIpc) is 2.20. The summed E-state index contributed by atoms with van der Waals surface area (Å²) in [4.78, 5) is 2.70. The molecule has 2 N–H and O–H groups in total. The minimum Gasteiger partial charge on any atom is -0.399 e. The van der Waals surface area contributed by atoms with Gasteiger partial charge in [0.1, 0.15) is 0 Å². The van der Waals surface area contributed by atoms with Gasteiger partial charge in [-0.05, 0) is 54.6 Å². The van der Waals surface area contributed by atoms with E-state index in [1.165, 1.54) is 5.56 Å². The molecule has 0 radical (unpaired) electrons. The molecule has 0 aliphatic carbocycles. The van der Waals surface area contributed by atoms with Gasteiger partial charge < -0.3 is 5.73 Å². The molecule has 0 fully saturated rings. The molecule has 0 aliphatic rings. The van der Waals surface area contributed by atoms with Crippen LogP contribution in [0.15, 0.2) is 23.3 Å². The Kier molecular flexibility index (Phi) is 4.42. The molecular weight excluding hydrogens is 200 g/mol. The molecule has 4 heteroatoms. The first kappa shape index (κ1) is 12.1. The Hall–Kier alpha value is -1.93. The van der Waals surface area contributed by atoms with Gasteiger partial charge in [-0.25, -0.2) is 0 Å². The molecule has 84 valence electrons. The standard InChI is InChI=1S/C12H16N4/c1-9-7-11(13)8-10(2)12(9)5-3-4-6-15-16-14/h3,5,7-8H,4,6,13H2,1-2H3. The van der Waals surface area contributed by atoms with Crippen LogP contribution in [-0.4, -0.2) is 6.54 Å². The van der Waals surface area contributed by atoms with Gasteiger partial charge in [0.25, 0.3) is 0 Å². The predicted octanol–water partition coefficient (Wildman–Crippen LogP) is 3.60. The van der Waals surface area contributed by atoms with E-state index in [0.717, 1.165) is 23.2 Å². The molecule has 1 aromatic rings. The van der Waals surface area contributed by atoms with Gasteiger partial charge in [0.05, 0.1) is 0 Å². The number of anilines is 1. The van der Waals surface area contributed by atoms with Crippen LogP contribution in [0.4, 0.5) is 5.69 Å². The largest absolute Gasteiger partial charge is 0.399 e. The molecule has 0 saturated carbocycles. The van der Waals surface area contributed by atoms with E-state index in [1.807, 2.05) is 32.1 Å². The highest BCUT2D eigenvalue weighted by atomic mass is 15.1. The molecule has 0 amide bonds. The number of hydrogen-bond donors (Lipinski definition) is 1. The van der Waals surface area contributed by atoms with E-state index in [2.05, 4.69) is 16.1 Å². The van der Waals surface area contributed by atoms with E-state index >= 15 is 0 Å². The molecule has 0 spiro atoms. The fourth-order valence-corrected chi connectivity index (χ4v) is 1.65. The molecule has 4 nitrogen and oxygen atoms in total. The summed E-state index contributed by atoms with van der Waals surface area (Å²) in [6, 6.07) is 3.92. The zero-order chi connectivity index (χ0) is 12.0. The molecule has 0 unspecified atom stereocenters. The van der Waals surface area contributed by atoms with Crippen molar-refractivity contribution in [2.75, 3.05) is 12.3 Å². The van der Waals surface area contributed by atoms with Crippen LogP contribution < -0.4 is 5.73 Å². The van der Waals surface area contributed by atoms with Crippen LogP contribution >= 0.6 is 0 Å². The van der Waals surface area contributed by atoms with Crippen molar-refractivity contribution in [1.82, 2.24) is 0 Å². The van der Waals surface area contributed by atoms with Crippen LogP contribution in [0.25, 0.3) is 16.5 Å². The van der Waals surface area contributed by atoms with Gasteiger partial charge in [0.15, 0.2) is 0 Å². The van der Waals surface area contributed by atoms with Crippen molar-refractivity contribution in [2.45, 2.75) is 20.3 Å². The molecule has 1 aromatic carbocycles. The summed E-state index contributed by atoms with van der Waals surface area (Å²) in [5.41, 5.74) is 18.2. The number of benzene rings is 1. The van der Waals surface area contributed by atoms with Gasteiger partial charge in [-0.1, -0.05) is 17.3 Å². The van der Waals surface area contributed by atoms with E-state index < -0.39 is 0 Å². The first-order valence-corrected chi connectivity index (χ1v) is 5.19. The summed E-state index contributed by atoms with van der Waals surface area (Å²) in [6.45, 7) is 4.58. The lowest BCUT2D eigenvalue weighted by molar-refractivity contribution is 0.995. The second kappa shape index (κ2) is 5.83. The maximum absolute atomic E-state index is 8.12. The Labute approximate surface area is 95.4 Å². The van der Waals surface area contributed by atoms with Crippen molar-refractivity contribution < 1.29 is 0 Å². The molecule has 0 aliphatic heterocycles. The fourth-order valence-electron chi connectivity index (χ4n) is 1.65. The van der Waals surface area contributed by atoms with E-state index in [-0.39, 0.29) is 0 Å². The van der Waals surface area contributed by atoms with Crippen LogP contribution in [0.5, 0.6) is 0 Å². The zero-order valence-corrected chi connectivity index (χ0v) is 9.64. The Balaban J connectivity index is 2.77. The summed E-state index contributed by atoms with van der Waals surface area (Å²) < 4.78 is 0. The predicted molar refractivity (Wildman–Crippen MR) is 68.0 cm³/mol. The lowest BCUT2D eigenvalue weighted by atomic mass is 10.0. The summed E-state index contributed by atoms with van der Waals surface area (Å²) in [6.07, 6.45) is 4.82. The summed E-state index contributed by atoms with van der Waals surface area (Å²) >= 11 is 0. The first-order chi connectivity index (χ1) is 7.65. The number of rotatable bonds is 4. The second-order valence-corrected chi connectivity index (χ2v) is 3.71.